The molecule has 0 aromatic rings. The maximum Gasteiger partial charge on any atom is 0.119 e. The first-order valence-corrected chi connectivity index (χ1v) is 11.0. The fourth-order valence-electron chi connectivity index (χ4n) is 1.61. The number of unbranched alkanes of at least 4 members (excludes halogenated alkanes) is 3. The Morgan fingerprint density at radius 2 is 1.59 bits per heavy atom. The van der Waals surface area contributed by atoms with Gasteiger partial charge >= 0.3 is 0 Å². The predicted molar refractivity (Wildman–Crippen MR) is 104 cm³/mol. The molecule has 7 heteroatoms. The Kier molecular flexibility index (Phi) is 11.7. The highest BCUT2D eigenvalue weighted by molar-refractivity contribution is 9.06. The van der Waals surface area contributed by atoms with Crippen molar-refractivity contribution >= 4 is 82.8 Å². The average Bonchev–Trinajstić information content (AvgIpc) is 2.29. The Morgan fingerprint density at radius 1 is 1.00 bits per heavy atom. The van der Waals surface area contributed by atoms with Crippen LogP contribution in [0.2, 0.25) is 0 Å². The molecule has 0 aromatic carbocycles. The standard InChI is InChI=1S/C10H22S7/c1-2-3-4-5-6-9(7-11,8-12)10(13,14)16-17-15/h11-15H,2-8H2,1H3. The van der Waals surface area contributed by atoms with Crippen LogP contribution in [0.25, 0.3) is 0 Å². The van der Waals surface area contributed by atoms with Gasteiger partial charge < -0.3 is 0 Å². The van der Waals surface area contributed by atoms with Gasteiger partial charge in [0.2, 0.25) is 0 Å². The molecule has 0 atom stereocenters. The zero-order chi connectivity index (χ0) is 13.4. The third-order valence-electron chi connectivity index (χ3n) is 2.96. The molecule has 0 aliphatic heterocycles. The molecule has 0 aliphatic rings. The summed E-state index contributed by atoms with van der Waals surface area (Å²) in [6.07, 6.45) is 6.05. The van der Waals surface area contributed by atoms with Crippen LogP contribution >= 0.6 is 82.8 Å². The summed E-state index contributed by atoms with van der Waals surface area (Å²) in [4.78, 5) is 0. The molecule has 0 amide bonds. The number of hydrogen-bond acceptors (Lipinski definition) is 7. The molecule has 0 nitrogen and oxygen atoms in total. The maximum atomic E-state index is 4.69. The van der Waals surface area contributed by atoms with Crippen LogP contribution in [-0.4, -0.2) is 14.9 Å². The van der Waals surface area contributed by atoms with Crippen molar-refractivity contribution in [3.05, 3.63) is 0 Å². The van der Waals surface area contributed by atoms with Gasteiger partial charge in [0.05, 0.1) is 0 Å². The molecular weight excluding hydrogens is 345 g/mol. The predicted octanol–water partition coefficient (Wildman–Crippen LogP) is 5.54. The van der Waals surface area contributed by atoms with Crippen LogP contribution in [0, 0.1) is 5.41 Å². The van der Waals surface area contributed by atoms with Gasteiger partial charge in [0.25, 0.3) is 0 Å². The van der Waals surface area contributed by atoms with Gasteiger partial charge in [-0.1, -0.05) is 55.1 Å². The smallest absolute Gasteiger partial charge is 0.119 e. The third kappa shape index (κ3) is 6.17. The second-order valence-corrected chi connectivity index (χ2v) is 10.3. The molecule has 0 unspecified atom stereocenters. The summed E-state index contributed by atoms with van der Waals surface area (Å²) in [6, 6.07) is 0. The van der Waals surface area contributed by atoms with E-state index < -0.39 is 3.41 Å². The number of rotatable bonds is 10. The van der Waals surface area contributed by atoms with E-state index in [9.17, 15) is 0 Å². The zero-order valence-electron chi connectivity index (χ0n) is 10.0. The van der Waals surface area contributed by atoms with Crippen molar-refractivity contribution in [2.24, 2.45) is 5.41 Å². The van der Waals surface area contributed by atoms with Gasteiger partial charge in [0.15, 0.2) is 0 Å². The molecule has 0 saturated carbocycles. The lowest BCUT2D eigenvalue weighted by Crippen LogP contribution is -2.40. The van der Waals surface area contributed by atoms with Crippen molar-refractivity contribution in [2.45, 2.75) is 42.4 Å². The molecule has 0 radical (unpaired) electrons. The molecule has 0 heterocycles. The molecule has 104 valence electrons. The highest BCUT2D eigenvalue weighted by Crippen LogP contribution is 2.57. The first-order valence-electron chi connectivity index (χ1n) is 5.65. The first-order chi connectivity index (χ1) is 7.99. The summed E-state index contributed by atoms with van der Waals surface area (Å²) in [5.74, 6) is 1.49. The van der Waals surface area contributed by atoms with Gasteiger partial charge in [0, 0.05) is 5.41 Å². The Morgan fingerprint density at radius 3 is 2.00 bits per heavy atom. The molecule has 0 bridgehead atoms. The molecule has 0 saturated heterocycles. The topological polar surface area (TPSA) is 0 Å². The Bertz CT molecular complexity index is 191. The van der Waals surface area contributed by atoms with Crippen LogP contribution in [0.4, 0.5) is 0 Å². The summed E-state index contributed by atoms with van der Waals surface area (Å²) in [6.45, 7) is 2.22. The van der Waals surface area contributed by atoms with E-state index >= 15 is 0 Å². The lowest BCUT2D eigenvalue weighted by Gasteiger charge is -2.42. The summed E-state index contributed by atoms with van der Waals surface area (Å²) in [5, 5.41) is 0. The third-order valence-corrected chi connectivity index (χ3v) is 8.79. The zero-order valence-corrected chi connectivity index (χ0v) is 16.1. The van der Waals surface area contributed by atoms with Crippen molar-refractivity contribution in [2.75, 3.05) is 11.5 Å². The van der Waals surface area contributed by atoms with E-state index in [1.54, 1.807) is 10.8 Å². The van der Waals surface area contributed by atoms with Crippen LogP contribution in [-0.2, 0) is 0 Å². The Balaban J connectivity index is 4.53. The summed E-state index contributed by atoms with van der Waals surface area (Å²) < 4.78 is -0.449. The fraction of sp³-hybridized carbons (Fsp3) is 1.00. The highest BCUT2D eigenvalue weighted by Gasteiger charge is 2.45. The fourth-order valence-corrected chi connectivity index (χ4v) is 8.16. The summed E-state index contributed by atoms with van der Waals surface area (Å²) in [5.41, 5.74) is -0.0699. The van der Waals surface area contributed by atoms with E-state index in [4.69, 9.17) is 25.3 Å². The number of hydrogen-bond donors (Lipinski definition) is 5. The minimum absolute atomic E-state index is 0.0699. The van der Waals surface area contributed by atoms with Crippen molar-refractivity contribution in [3.63, 3.8) is 0 Å². The molecule has 0 fully saturated rings. The van der Waals surface area contributed by atoms with Crippen molar-refractivity contribution in [3.8, 4) is 0 Å². The minimum atomic E-state index is -0.449. The molecule has 17 heavy (non-hydrogen) atoms. The van der Waals surface area contributed by atoms with E-state index in [-0.39, 0.29) is 5.41 Å². The van der Waals surface area contributed by atoms with Crippen molar-refractivity contribution in [1.82, 2.24) is 0 Å². The van der Waals surface area contributed by atoms with Gasteiger partial charge in [-0.15, -0.1) is 25.3 Å². The summed E-state index contributed by atoms with van der Waals surface area (Å²) >= 11 is 22.6. The van der Waals surface area contributed by atoms with E-state index in [0.717, 1.165) is 17.9 Å². The normalized spacial score (nSPS) is 13.1. The van der Waals surface area contributed by atoms with Crippen LogP contribution in [0.3, 0.4) is 0 Å². The Labute approximate surface area is 141 Å². The molecule has 0 aromatic heterocycles. The second-order valence-electron chi connectivity index (χ2n) is 4.17. The van der Waals surface area contributed by atoms with E-state index in [1.165, 1.54) is 35.5 Å². The van der Waals surface area contributed by atoms with Crippen molar-refractivity contribution in [1.29, 1.82) is 0 Å². The van der Waals surface area contributed by atoms with Crippen molar-refractivity contribution < 1.29 is 0 Å². The van der Waals surface area contributed by atoms with Gasteiger partial charge in [-0.25, -0.2) is 0 Å². The minimum Gasteiger partial charge on any atom is -0.179 e. The number of thiol groups is 5. The van der Waals surface area contributed by atoms with Crippen LogP contribution in [0.5, 0.6) is 0 Å². The highest BCUT2D eigenvalue weighted by atomic mass is 33.5. The van der Waals surface area contributed by atoms with Gasteiger partial charge in [-0.3, -0.25) is 0 Å². The monoisotopic (exact) mass is 366 g/mol. The van der Waals surface area contributed by atoms with E-state index in [2.05, 4.69) is 43.8 Å². The largest absolute Gasteiger partial charge is 0.179 e. The maximum absolute atomic E-state index is 4.69. The molecular formula is C10H22S7. The quantitative estimate of drug-likeness (QED) is 0.149. The SMILES string of the molecule is CCCCCCC(CS)(CS)C(S)(S)SSS. The van der Waals surface area contributed by atoms with Gasteiger partial charge in [-0.05, 0) is 27.8 Å². The molecule has 0 aliphatic carbocycles. The van der Waals surface area contributed by atoms with E-state index in [0.29, 0.717) is 0 Å². The lowest BCUT2D eigenvalue weighted by molar-refractivity contribution is 0.358. The van der Waals surface area contributed by atoms with E-state index in [1.807, 2.05) is 0 Å². The van der Waals surface area contributed by atoms with Gasteiger partial charge in [0.1, 0.15) is 3.41 Å². The molecule has 0 rings (SSSR count). The van der Waals surface area contributed by atoms with Gasteiger partial charge in [-0.2, -0.15) is 25.3 Å². The lowest BCUT2D eigenvalue weighted by atomic mass is 9.87. The Hall–Kier alpha value is 2.45. The van der Waals surface area contributed by atoms with Crippen LogP contribution < -0.4 is 0 Å². The van der Waals surface area contributed by atoms with Crippen LogP contribution in [0.15, 0.2) is 0 Å². The molecule has 0 N–H and O–H groups in total. The van der Waals surface area contributed by atoms with Crippen LogP contribution in [0.1, 0.15) is 39.0 Å². The second kappa shape index (κ2) is 10.2. The molecule has 0 spiro atoms. The summed E-state index contributed by atoms with van der Waals surface area (Å²) in [7, 11) is 2.97. The average molecular weight is 367 g/mol. The first kappa shape index (κ1) is 19.4.